The average molecular weight is 216 g/mol. The van der Waals surface area contributed by atoms with Gasteiger partial charge in [-0.1, -0.05) is 31.2 Å². The summed E-state index contributed by atoms with van der Waals surface area (Å²) in [5, 5.41) is 0. The molecule has 1 heterocycles. The predicted molar refractivity (Wildman–Crippen MR) is 59.5 cm³/mol. The Morgan fingerprint density at radius 2 is 1.94 bits per heavy atom. The summed E-state index contributed by atoms with van der Waals surface area (Å²) in [6.45, 7) is 2.08. The van der Waals surface area contributed by atoms with Crippen molar-refractivity contribution in [2.45, 2.75) is 19.8 Å². The van der Waals surface area contributed by atoms with Gasteiger partial charge in [-0.05, 0) is 23.6 Å². The van der Waals surface area contributed by atoms with Crippen molar-refractivity contribution in [2.75, 3.05) is 0 Å². The van der Waals surface area contributed by atoms with Crippen molar-refractivity contribution in [1.82, 2.24) is 0 Å². The first kappa shape index (κ1) is 10.6. The van der Waals surface area contributed by atoms with E-state index in [4.69, 9.17) is 0 Å². The lowest BCUT2D eigenvalue weighted by atomic mass is 10.1. The molecule has 0 bridgehead atoms. The Hall–Kier alpha value is -1.90. The van der Waals surface area contributed by atoms with E-state index < -0.39 is 11.9 Å². The lowest BCUT2D eigenvalue weighted by Crippen LogP contribution is -1.96. The fourth-order valence-corrected chi connectivity index (χ4v) is 1.59. The number of esters is 2. The number of cyclic esters (lactones) is 2. The minimum atomic E-state index is -0.524. The summed E-state index contributed by atoms with van der Waals surface area (Å²) in [5.74, 6) is -0.994. The van der Waals surface area contributed by atoms with Gasteiger partial charge >= 0.3 is 11.9 Å². The molecule has 1 fully saturated rings. The second kappa shape index (κ2) is 4.31. The normalized spacial score (nSPS) is 17.9. The van der Waals surface area contributed by atoms with Crippen molar-refractivity contribution in [3.63, 3.8) is 0 Å². The van der Waals surface area contributed by atoms with E-state index in [9.17, 15) is 9.59 Å². The molecule has 1 aliphatic heterocycles. The molecule has 1 aromatic rings. The fourth-order valence-electron chi connectivity index (χ4n) is 1.59. The maximum Gasteiger partial charge on any atom is 0.342 e. The fraction of sp³-hybridized carbons (Fsp3) is 0.231. The second-order valence-electron chi connectivity index (χ2n) is 3.70. The zero-order chi connectivity index (χ0) is 11.5. The molecule has 0 aromatic heterocycles. The van der Waals surface area contributed by atoms with Gasteiger partial charge < -0.3 is 4.74 Å². The Kier molecular flexibility index (Phi) is 2.86. The Balaban J connectivity index is 2.22. The molecule has 0 aliphatic carbocycles. The van der Waals surface area contributed by atoms with Crippen LogP contribution in [-0.4, -0.2) is 11.9 Å². The Labute approximate surface area is 93.7 Å². The van der Waals surface area contributed by atoms with Gasteiger partial charge in [-0.2, -0.15) is 0 Å². The number of ether oxygens (including phenoxy) is 1. The highest BCUT2D eigenvalue weighted by Crippen LogP contribution is 2.18. The molecular formula is C13H12O3. The summed E-state index contributed by atoms with van der Waals surface area (Å²) in [6, 6.07) is 7.88. The van der Waals surface area contributed by atoms with Gasteiger partial charge in [0.25, 0.3) is 0 Å². The summed E-state index contributed by atoms with van der Waals surface area (Å²) in [7, 11) is 0. The van der Waals surface area contributed by atoms with Gasteiger partial charge in [0, 0.05) is 5.57 Å². The van der Waals surface area contributed by atoms with Crippen molar-refractivity contribution in [1.29, 1.82) is 0 Å². The standard InChI is InChI=1S/C13H12O3/c1-2-9-3-5-10(6-4-9)7-11-8-12(14)16-13(11)15/h3-7H,2,8H2,1H3/b11-7+. The number of hydrogen-bond donors (Lipinski definition) is 0. The van der Waals surface area contributed by atoms with E-state index in [2.05, 4.69) is 11.7 Å². The zero-order valence-electron chi connectivity index (χ0n) is 9.03. The van der Waals surface area contributed by atoms with Crippen LogP contribution in [0.3, 0.4) is 0 Å². The smallest absolute Gasteiger partial charge is 0.342 e. The molecule has 16 heavy (non-hydrogen) atoms. The van der Waals surface area contributed by atoms with Gasteiger partial charge in [-0.15, -0.1) is 0 Å². The third kappa shape index (κ3) is 2.19. The molecule has 3 nitrogen and oxygen atoms in total. The number of aryl methyl sites for hydroxylation is 1. The van der Waals surface area contributed by atoms with Crippen molar-refractivity contribution in [2.24, 2.45) is 0 Å². The first-order valence-electron chi connectivity index (χ1n) is 5.23. The topological polar surface area (TPSA) is 43.4 Å². The van der Waals surface area contributed by atoms with Crippen LogP contribution in [0.25, 0.3) is 6.08 Å². The molecule has 82 valence electrons. The van der Waals surface area contributed by atoms with E-state index in [0.29, 0.717) is 5.57 Å². The molecule has 0 atom stereocenters. The minimum Gasteiger partial charge on any atom is -0.389 e. The summed E-state index contributed by atoms with van der Waals surface area (Å²) < 4.78 is 4.44. The van der Waals surface area contributed by atoms with Crippen LogP contribution in [0.2, 0.25) is 0 Å². The van der Waals surface area contributed by atoms with Crippen LogP contribution in [0.15, 0.2) is 29.8 Å². The van der Waals surface area contributed by atoms with E-state index in [1.165, 1.54) is 5.56 Å². The SMILES string of the molecule is CCc1ccc(/C=C2\CC(=O)OC2=O)cc1. The summed E-state index contributed by atoms with van der Waals surface area (Å²) in [4.78, 5) is 22.1. The Morgan fingerprint density at radius 3 is 2.44 bits per heavy atom. The van der Waals surface area contributed by atoms with Crippen LogP contribution >= 0.6 is 0 Å². The Bertz CT molecular complexity index is 455. The van der Waals surface area contributed by atoms with Crippen LogP contribution in [0, 0.1) is 0 Å². The molecule has 1 aromatic carbocycles. The average Bonchev–Trinajstić information content (AvgIpc) is 2.59. The molecule has 2 rings (SSSR count). The molecule has 1 saturated heterocycles. The second-order valence-corrected chi connectivity index (χ2v) is 3.70. The van der Waals surface area contributed by atoms with Crippen molar-refractivity contribution in [3.05, 3.63) is 41.0 Å². The van der Waals surface area contributed by atoms with Gasteiger partial charge in [0.05, 0.1) is 6.42 Å². The van der Waals surface area contributed by atoms with E-state index >= 15 is 0 Å². The molecule has 0 spiro atoms. The van der Waals surface area contributed by atoms with Crippen molar-refractivity contribution in [3.8, 4) is 0 Å². The van der Waals surface area contributed by atoms with Crippen LogP contribution in [0.5, 0.6) is 0 Å². The molecule has 0 amide bonds. The van der Waals surface area contributed by atoms with Crippen LogP contribution in [0.1, 0.15) is 24.5 Å². The van der Waals surface area contributed by atoms with Crippen molar-refractivity contribution >= 4 is 18.0 Å². The summed E-state index contributed by atoms with van der Waals surface area (Å²) in [5.41, 5.74) is 2.58. The lowest BCUT2D eigenvalue weighted by molar-refractivity contribution is -0.151. The molecule has 0 unspecified atom stereocenters. The molecule has 3 heteroatoms. The quantitative estimate of drug-likeness (QED) is 0.432. The highest BCUT2D eigenvalue weighted by molar-refractivity contribution is 6.08. The maximum atomic E-state index is 11.2. The zero-order valence-corrected chi connectivity index (χ0v) is 9.03. The predicted octanol–water partition coefficient (Wildman–Crippen LogP) is 2.11. The maximum absolute atomic E-state index is 11.2. The minimum absolute atomic E-state index is 0.0777. The number of benzene rings is 1. The first-order chi connectivity index (χ1) is 7.69. The molecular weight excluding hydrogens is 204 g/mol. The van der Waals surface area contributed by atoms with E-state index in [1.54, 1.807) is 6.08 Å². The third-order valence-corrected chi connectivity index (χ3v) is 2.53. The van der Waals surface area contributed by atoms with Gasteiger partial charge in [-0.3, -0.25) is 4.79 Å². The molecule has 0 radical (unpaired) electrons. The first-order valence-corrected chi connectivity index (χ1v) is 5.23. The highest BCUT2D eigenvalue weighted by Gasteiger charge is 2.26. The summed E-state index contributed by atoms with van der Waals surface area (Å²) >= 11 is 0. The Morgan fingerprint density at radius 1 is 1.25 bits per heavy atom. The monoisotopic (exact) mass is 216 g/mol. The number of hydrogen-bond acceptors (Lipinski definition) is 3. The van der Waals surface area contributed by atoms with Gasteiger partial charge in [0.15, 0.2) is 0 Å². The number of rotatable bonds is 2. The third-order valence-electron chi connectivity index (χ3n) is 2.53. The largest absolute Gasteiger partial charge is 0.389 e. The molecule has 0 saturated carbocycles. The molecule has 0 N–H and O–H groups in total. The van der Waals surface area contributed by atoms with Crippen LogP contribution in [0.4, 0.5) is 0 Å². The van der Waals surface area contributed by atoms with Gasteiger partial charge in [0.2, 0.25) is 0 Å². The number of carbonyl (C=O) groups is 2. The van der Waals surface area contributed by atoms with Crippen molar-refractivity contribution < 1.29 is 14.3 Å². The highest BCUT2D eigenvalue weighted by atomic mass is 16.6. The van der Waals surface area contributed by atoms with Gasteiger partial charge in [0.1, 0.15) is 0 Å². The lowest BCUT2D eigenvalue weighted by Gasteiger charge is -1.97. The summed E-state index contributed by atoms with van der Waals surface area (Å²) in [6.07, 6.45) is 2.76. The van der Waals surface area contributed by atoms with Crippen LogP contribution in [-0.2, 0) is 20.7 Å². The van der Waals surface area contributed by atoms with E-state index in [0.717, 1.165) is 12.0 Å². The van der Waals surface area contributed by atoms with Gasteiger partial charge in [-0.25, -0.2) is 4.79 Å². The van der Waals surface area contributed by atoms with E-state index in [1.807, 2.05) is 24.3 Å². The number of carbonyl (C=O) groups excluding carboxylic acids is 2. The molecule has 1 aliphatic rings. The van der Waals surface area contributed by atoms with Crippen LogP contribution < -0.4 is 0 Å². The van der Waals surface area contributed by atoms with E-state index in [-0.39, 0.29) is 6.42 Å².